The number of amides is 1. The molecule has 4 N–H and O–H groups in total. The molecule has 2 aliphatic heterocycles. The molecule has 25 nitrogen and oxygen atoms in total. The maximum Gasteiger partial charge on any atom is 0.341 e. The summed E-state index contributed by atoms with van der Waals surface area (Å²) in [5.41, 5.74) is 12.6. The number of hydrogen-bond acceptors (Lipinski definition) is 22. The zero-order valence-corrected chi connectivity index (χ0v) is 61.4. The number of hydrogen-bond donors (Lipinski definition) is 4. The molecular weight excluding hydrogens is 1370 g/mol. The van der Waals surface area contributed by atoms with E-state index in [1.165, 1.54) is 60.7 Å². The molecule has 26 heteroatoms. The number of ether oxygens (including phenoxy) is 3. The number of carbonyl (C=O) groups is 2. The summed E-state index contributed by atoms with van der Waals surface area (Å²) < 4.78 is 61.8. The SMILES string of the molecule is CC(C)Oc1ccc(-c2nc(-c3cccc4c3CCC4NCCN3CCCCC3)no2)cc1C#N.CC1CCN(C(=O)CS(=O)(=O)N[C@H]2CCc3c(-c4noc(-c5ccc(OC(C)C)c(C#N)c5)n4)cccc32)CC1.CCCNC1CCc2c(-c3noc(-c4ccc(OCC(=O)O)c(C#N)c4)n3)cccc21. The van der Waals surface area contributed by atoms with E-state index in [1.807, 2.05) is 70.2 Å². The van der Waals surface area contributed by atoms with Crippen molar-refractivity contribution in [3.05, 3.63) is 159 Å². The van der Waals surface area contributed by atoms with Crippen LogP contribution in [0.5, 0.6) is 17.2 Å². The molecule has 14 rings (SSSR count). The van der Waals surface area contributed by atoms with Gasteiger partial charge in [0.1, 0.15) is 41.2 Å². The first-order valence-electron chi connectivity index (χ1n) is 36.5. The van der Waals surface area contributed by atoms with Crippen LogP contribution in [0.3, 0.4) is 0 Å². The molecule has 2 fully saturated rings. The summed E-state index contributed by atoms with van der Waals surface area (Å²) in [7, 11) is -3.82. The predicted molar refractivity (Wildman–Crippen MR) is 396 cm³/mol. The summed E-state index contributed by atoms with van der Waals surface area (Å²) in [6.07, 6.45) is 12.1. The van der Waals surface area contributed by atoms with Crippen LogP contribution in [0.15, 0.2) is 123 Å². The van der Waals surface area contributed by atoms with Crippen LogP contribution in [-0.2, 0) is 38.9 Å². The Labute approximate surface area is 617 Å². The number of aliphatic carboxylic acids is 1. The van der Waals surface area contributed by atoms with Crippen LogP contribution in [0.2, 0.25) is 0 Å². The summed E-state index contributed by atoms with van der Waals surface area (Å²) in [6, 6.07) is 40.0. The molecule has 2 saturated heterocycles. The van der Waals surface area contributed by atoms with Crippen LogP contribution in [0.1, 0.15) is 168 Å². The number of carboxylic acids is 1. The van der Waals surface area contributed by atoms with Gasteiger partial charge in [-0.25, -0.2) is 17.9 Å². The van der Waals surface area contributed by atoms with Gasteiger partial charge in [-0.05, 0) is 212 Å². The van der Waals surface area contributed by atoms with Crippen molar-refractivity contribution >= 4 is 21.9 Å². The number of carboxylic acid groups (broad SMARTS) is 1. The Balaban J connectivity index is 0.000000150. The van der Waals surface area contributed by atoms with Crippen molar-refractivity contribution in [1.82, 2.24) is 55.6 Å². The molecule has 6 aromatic carbocycles. The fraction of sp³-hybridized carbons (Fsp3) is 0.412. The van der Waals surface area contributed by atoms with E-state index in [1.54, 1.807) is 47.4 Å². The molecule has 1 amide bonds. The van der Waals surface area contributed by atoms with Gasteiger partial charge in [0, 0.05) is 77.7 Å². The molecule has 3 aromatic heterocycles. The fourth-order valence-corrected chi connectivity index (χ4v) is 15.7. The first-order chi connectivity index (χ1) is 51.3. The van der Waals surface area contributed by atoms with Crippen LogP contribution in [0, 0.1) is 39.9 Å². The second-order valence-corrected chi connectivity index (χ2v) is 29.7. The first-order valence-corrected chi connectivity index (χ1v) is 38.2. The van der Waals surface area contributed by atoms with E-state index in [4.69, 9.17) is 32.9 Å². The lowest BCUT2D eigenvalue weighted by Gasteiger charge is -2.30. The number of aromatic nitrogens is 6. The second-order valence-electron chi connectivity index (χ2n) is 27.9. The molecule has 5 aliphatic rings. The molecule has 9 aromatic rings. The Morgan fingerprint density at radius 3 is 1.43 bits per heavy atom. The lowest BCUT2D eigenvalue weighted by Crippen LogP contribution is -2.43. The number of rotatable bonds is 24. The molecule has 0 spiro atoms. The van der Waals surface area contributed by atoms with Crippen molar-refractivity contribution in [2.24, 2.45) is 5.92 Å². The molecule has 3 aliphatic carbocycles. The van der Waals surface area contributed by atoms with Crippen molar-refractivity contribution in [3.8, 4) is 104 Å². The Bertz CT molecular complexity index is 4860. The van der Waals surface area contributed by atoms with Gasteiger partial charge in [0.05, 0.1) is 28.9 Å². The monoisotopic (exact) mass is 1450 g/mol. The van der Waals surface area contributed by atoms with E-state index in [0.29, 0.717) is 107 Å². The zero-order chi connectivity index (χ0) is 74.4. The van der Waals surface area contributed by atoms with Crippen LogP contribution < -0.4 is 29.6 Å². The van der Waals surface area contributed by atoms with Crippen molar-refractivity contribution in [2.75, 3.05) is 58.2 Å². The Kier molecular flexibility index (Phi) is 24.4. The summed E-state index contributed by atoms with van der Waals surface area (Å²) in [4.78, 5) is 41.4. The highest BCUT2D eigenvalue weighted by Gasteiger charge is 2.34. The van der Waals surface area contributed by atoms with Crippen LogP contribution in [-0.4, -0.2) is 136 Å². The molecular formula is C80H88N14O11S. The predicted octanol–water partition coefficient (Wildman–Crippen LogP) is 13.1. The fourth-order valence-electron chi connectivity index (χ4n) is 14.4. The zero-order valence-electron chi connectivity index (χ0n) is 60.6. The largest absolute Gasteiger partial charge is 0.490 e. The third-order valence-corrected chi connectivity index (χ3v) is 20.9. The molecule has 5 heterocycles. The van der Waals surface area contributed by atoms with Gasteiger partial charge in [-0.3, -0.25) is 4.79 Å². The maximum atomic E-state index is 12.9. The van der Waals surface area contributed by atoms with E-state index in [-0.39, 0.29) is 41.2 Å². The number of benzene rings is 6. The van der Waals surface area contributed by atoms with Crippen LogP contribution in [0.4, 0.5) is 0 Å². The molecule has 0 bridgehead atoms. The summed E-state index contributed by atoms with van der Waals surface area (Å²) in [6.45, 7) is 18.2. The summed E-state index contributed by atoms with van der Waals surface area (Å²) >= 11 is 0. The Morgan fingerprint density at radius 1 is 0.575 bits per heavy atom. The normalized spacial score (nSPS) is 16.9. The number of sulfonamides is 1. The average molecular weight is 1450 g/mol. The standard InChI is InChI=1S/C29H33N5O5S.C28H33N5O2.C23H22N4O4/c1-18(2)38-26-10-7-20(15-21(26)16-30)29-31-28(32-39-29)24-6-4-5-23-22(24)8-9-25(23)33-40(36,37)17-27(35)34-13-11-19(3)12-14-34;1-19(2)34-26-12-9-20(17-21(26)18-29)28-31-27(32-35-28)24-8-6-7-23-22(24)10-11-25(23)30-13-16-33-14-4-3-5-15-33;1-2-10-25-19-8-7-16-17(19)4-3-5-18(16)22-26-23(31-27-22)14-6-9-20(15(11-14)12-24)30-13-21(28)29/h4-7,10,15,18-19,25,33H,8-9,11-14,17H2,1-3H3;6-9,12,17,19,25,30H,3-5,10-11,13-16H2,1-2H3;3-6,9,11,19,25H,2,7-8,10,13H2,1H3,(H,28,29)/t25-;;/m0../s1. The van der Waals surface area contributed by atoms with E-state index >= 15 is 0 Å². The van der Waals surface area contributed by atoms with Gasteiger partial charge in [-0.2, -0.15) is 30.7 Å². The summed E-state index contributed by atoms with van der Waals surface area (Å²) in [5.74, 6) is 2.21. The number of carbonyl (C=O) groups excluding carboxylic acids is 1. The van der Waals surface area contributed by atoms with Gasteiger partial charge in [0.2, 0.25) is 33.4 Å². The minimum absolute atomic E-state index is 0.00813. The van der Waals surface area contributed by atoms with Gasteiger partial charge in [-0.1, -0.05) is 90.3 Å². The molecule has 3 atom stereocenters. The number of piperidine rings is 2. The third-order valence-electron chi connectivity index (χ3n) is 19.6. The molecule has 550 valence electrons. The van der Waals surface area contributed by atoms with E-state index in [9.17, 15) is 33.8 Å². The minimum Gasteiger partial charge on any atom is -0.490 e. The van der Waals surface area contributed by atoms with Gasteiger partial charge >= 0.3 is 5.97 Å². The molecule has 0 radical (unpaired) electrons. The van der Waals surface area contributed by atoms with Gasteiger partial charge in [0.15, 0.2) is 6.61 Å². The maximum absolute atomic E-state index is 12.9. The number of nitriles is 3. The number of nitrogens with zero attached hydrogens (tertiary/aromatic N) is 11. The van der Waals surface area contributed by atoms with Crippen molar-refractivity contribution < 1.29 is 50.9 Å². The highest BCUT2D eigenvalue weighted by molar-refractivity contribution is 7.90. The van der Waals surface area contributed by atoms with E-state index in [0.717, 1.165) is 92.4 Å². The van der Waals surface area contributed by atoms with Crippen molar-refractivity contribution in [1.29, 1.82) is 15.8 Å². The lowest BCUT2D eigenvalue weighted by molar-refractivity contribution is -0.139. The summed E-state index contributed by atoms with van der Waals surface area (Å²) in [5, 5.41) is 57.2. The quantitative estimate of drug-likeness (QED) is 0.0436. The molecule has 106 heavy (non-hydrogen) atoms. The average Bonchev–Trinajstić information content (AvgIpc) is 1.64. The van der Waals surface area contributed by atoms with Crippen molar-refractivity contribution in [3.63, 3.8) is 0 Å². The topological polar surface area (TPSA) is 347 Å². The van der Waals surface area contributed by atoms with Gasteiger partial charge < -0.3 is 53.3 Å². The van der Waals surface area contributed by atoms with Crippen LogP contribution >= 0.6 is 0 Å². The highest BCUT2D eigenvalue weighted by Crippen LogP contribution is 2.42. The van der Waals surface area contributed by atoms with Gasteiger partial charge in [0.25, 0.3) is 17.7 Å². The van der Waals surface area contributed by atoms with Gasteiger partial charge in [-0.15, -0.1) is 0 Å². The highest BCUT2D eigenvalue weighted by atomic mass is 32.2. The van der Waals surface area contributed by atoms with E-state index < -0.39 is 34.4 Å². The number of nitrogens with one attached hydrogen (secondary N) is 3. The minimum atomic E-state index is -3.82. The van der Waals surface area contributed by atoms with Crippen molar-refractivity contribution in [2.45, 2.75) is 149 Å². The first kappa shape index (κ1) is 75.0. The number of likely N-dealkylation sites (tertiary alicyclic amines) is 2. The third kappa shape index (κ3) is 18.2. The number of fused-ring (bicyclic) bond motifs is 3. The molecule has 2 unspecified atom stereocenters. The smallest absolute Gasteiger partial charge is 0.341 e. The Morgan fingerprint density at radius 2 is 1.00 bits per heavy atom. The molecule has 0 saturated carbocycles. The van der Waals surface area contributed by atoms with E-state index in [2.05, 4.69) is 101 Å². The lowest BCUT2D eigenvalue weighted by atomic mass is 9.99. The van der Waals surface area contributed by atoms with Crippen LogP contribution in [0.25, 0.3) is 68.5 Å². The second kappa shape index (κ2) is 34.5. The Hall–Kier alpha value is -10.7.